The Labute approximate surface area is 218 Å². The van der Waals surface area contributed by atoms with Crippen LogP contribution in [0, 0.1) is 17.2 Å². The number of nitrogens with zero attached hydrogens (tertiary/aromatic N) is 1. The van der Waals surface area contributed by atoms with Crippen LogP contribution in [0.2, 0.25) is 5.02 Å². The Morgan fingerprint density at radius 1 is 1.14 bits per heavy atom. The molecule has 2 aliphatic heterocycles. The third-order valence-electron chi connectivity index (χ3n) is 7.54. The van der Waals surface area contributed by atoms with Crippen molar-refractivity contribution >= 4 is 34.0 Å². The van der Waals surface area contributed by atoms with Crippen LogP contribution in [0.25, 0.3) is 27.6 Å². The van der Waals surface area contributed by atoms with Crippen molar-refractivity contribution in [2.24, 2.45) is 5.92 Å². The van der Waals surface area contributed by atoms with Gasteiger partial charge >= 0.3 is 5.97 Å². The number of fused-ring (bicyclic) bond motifs is 2. The number of hydrogen-bond donors (Lipinski definition) is 3. The lowest BCUT2D eigenvalue weighted by molar-refractivity contribution is -0.141. The fourth-order valence-corrected chi connectivity index (χ4v) is 5.76. The minimum Gasteiger partial charge on any atom is -0.481 e. The third kappa shape index (κ3) is 4.28. The molecule has 2 fully saturated rings. The van der Waals surface area contributed by atoms with E-state index >= 15 is 0 Å². The van der Waals surface area contributed by atoms with Gasteiger partial charge in [0.25, 0.3) is 0 Å². The molecule has 3 aliphatic rings. The molecule has 6 rings (SSSR count). The zero-order valence-corrected chi connectivity index (χ0v) is 20.6. The van der Waals surface area contributed by atoms with E-state index in [4.69, 9.17) is 25.8 Å². The summed E-state index contributed by atoms with van der Waals surface area (Å²) in [4.78, 5) is 14.4. The Morgan fingerprint density at radius 2 is 1.89 bits per heavy atom. The second-order valence-corrected chi connectivity index (χ2v) is 10.2. The molecule has 1 aliphatic carbocycles. The van der Waals surface area contributed by atoms with E-state index in [1.807, 2.05) is 36.4 Å². The number of aliphatic hydroxyl groups excluding tert-OH is 1. The summed E-state index contributed by atoms with van der Waals surface area (Å²) in [7, 11) is 0. The Morgan fingerprint density at radius 3 is 2.59 bits per heavy atom. The molecule has 9 heteroatoms. The van der Waals surface area contributed by atoms with Gasteiger partial charge in [-0.25, -0.2) is 0 Å². The lowest BCUT2D eigenvalue weighted by Crippen LogP contribution is -2.34. The molecule has 8 nitrogen and oxygen atoms in total. The molecule has 0 saturated carbocycles. The van der Waals surface area contributed by atoms with Gasteiger partial charge in [-0.2, -0.15) is 5.26 Å². The van der Waals surface area contributed by atoms with Crippen LogP contribution in [0.1, 0.15) is 30.4 Å². The molecule has 2 unspecified atom stereocenters. The molecule has 3 heterocycles. The first kappa shape index (κ1) is 24.0. The minimum atomic E-state index is -0.739. The zero-order chi connectivity index (χ0) is 25.7. The molecule has 1 aromatic heterocycles. The molecule has 0 radical (unpaired) electrons. The summed E-state index contributed by atoms with van der Waals surface area (Å²) in [6.07, 6.45) is 2.01. The highest BCUT2D eigenvalue weighted by Gasteiger charge is 2.48. The van der Waals surface area contributed by atoms with E-state index in [2.05, 4.69) is 11.1 Å². The van der Waals surface area contributed by atoms with Gasteiger partial charge in [0, 0.05) is 10.9 Å². The SMILES string of the molecule is N#Cc1c(O[C@@H]2COC3[C@H](O)CO[C@@H]32)[nH]c2cc(Cl)c(-c3ccc(C4=CCC(C(=O)O)CC4)cc3)cc12. The number of H-pyrrole nitrogens is 1. The monoisotopic (exact) mass is 520 g/mol. The predicted molar refractivity (Wildman–Crippen MR) is 136 cm³/mol. The number of carboxylic acid groups (broad SMARTS) is 1. The average molecular weight is 521 g/mol. The van der Waals surface area contributed by atoms with Crippen molar-refractivity contribution in [3.05, 3.63) is 58.6 Å². The third-order valence-corrected chi connectivity index (χ3v) is 7.85. The molecule has 3 aromatic rings. The van der Waals surface area contributed by atoms with E-state index in [0.717, 1.165) is 28.7 Å². The number of ether oxygens (including phenoxy) is 3. The minimum absolute atomic E-state index is 0.199. The molecule has 2 saturated heterocycles. The summed E-state index contributed by atoms with van der Waals surface area (Å²) >= 11 is 6.66. The van der Waals surface area contributed by atoms with Gasteiger partial charge in [0.2, 0.25) is 5.88 Å². The number of hydrogen-bond acceptors (Lipinski definition) is 6. The second kappa shape index (κ2) is 9.51. The smallest absolute Gasteiger partial charge is 0.306 e. The number of allylic oxidation sites excluding steroid dienone is 2. The van der Waals surface area contributed by atoms with Gasteiger partial charge in [0.05, 0.1) is 29.7 Å². The quantitative estimate of drug-likeness (QED) is 0.451. The van der Waals surface area contributed by atoms with E-state index in [0.29, 0.717) is 40.2 Å². The summed E-state index contributed by atoms with van der Waals surface area (Å²) in [5.41, 5.74) is 4.96. The van der Waals surface area contributed by atoms with Crippen molar-refractivity contribution in [2.45, 2.75) is 43.7 Å². The van der Waals surface area contributed by atoms with Crippen LogP contribution in [0.15, 0.2) is 42.5 Å². The van der Waals surface area contributed by atoms with E-state index in [9.17, 15) is 20.3 Å². The van der Waals surface area contributed by atoms with Crippen LogP contribution in [0.3, 0.4) is 0 Å². The fourth-order valence-electron chi connectivity index (χ4n) is 5.49. The first-order valence-corrected chi connectivity index (χ1v) is 12.7. The molecule has 190 valence electrons. The van der Waals surface area contributed by atoms with Crippen molar-refractivity contribution in [3.8, 4) is 23.1 Å². The number of aliphatic carboxylic acids is 1. The number of rotatable bonds is 5. The Balaban J connectivity index is 1.27. The van der Waals surface area contributed by atoms with Gasteiger partial charge in [-0.05, 0) is 48.1 Å². The number of carboxylic acids is 1. The Bertz CT molecular complexity index is 1440. The fraction of sp³-hybridized carbons (Fsp3) is 0.357. The van der Waals surface area contributed by atoms with Gasteiger partial charge < -0.3 is 29.4 Å². The topological polar surface area (TPSA) is 125 Å². The van der Waals surface area contributed by atoms with Crippen LogP contribution in [0.4, 0.5) is 0 Å². The number of aromatic amines is 1. The molecule has 3 N–H and O–H groups in total. The average Bonchev–Trinajstić information content (AvgIpc) is 3.58. The van der Waals surface area contributed by atoms with Crippen LogP contribution in [0.5, 0.6) is 5.88 Å². The van der Waals surface area contributed by atoms with E-state index in [-0.39, 0.29) is 25.2 Å². The molecule has 37 heavy (non-hydrogen) atoms. The van der Waals surface area contributed by atoms with E-state index in [1.54, 1.807) is 6.07 Å². The van der Waals surface area contributed by atoms with Crippen molar-refractivity contribution in [1.82, 2.24) is 4.98 Å². The maximum Gasteiger partial charge on any atom is 0.306 e. The summed E-state index contributed by atoms with van der Waals surface area (Å²) in [5, 5.41) is 30.4. The number of halogens is 1. The normalized spacial score (nSPS) is 27.1. The lowest BCUT2D eigenvalue weighted by Gasteiger charge is -2.19. The number of aliphatic hydroxyl groups is 1. The van der Waals surface area contributed by atoms with Gasteiger partial charge in [-0.1, -0.05) is 41.9 Å². The highest BCUT2D eigenvalue weighted by molar-refractivity contribution is 6.34. The molecule has 0 spiro atoms. The largest absolute Gasteiger partial charge is 0.481 e. The summed E-state index contributed by atoms with van der Waals surface area (Å²) in [6.45, 7) is 0.462. The summed E-state index contributed by atoms with van der Waals surface area (Å²) < 4.78 is 17.4. The number of nitrogens with one attached hydrogen (secondary N) is 1. The Kier molecular flexibility index (Phi) is 6.17. The van der Waals surface area contributed by atoms with Crippen LogP contribution in [-0.2, 0) is 14.3 Å². The van der Waals surface area contributed by atoms with Gasteiger partial charge in [0.1, 0.15) is 29.9 Å². The molecular formula is C28H25ClN2O6. The number of nitriles is 1. The first-order chi connectivity index (χ1) is 17.9. The van der Waals surface area contributed by atoms with E-state index < -0.39 is 24.3 Å². The van der Waals surface area contributed by atoms with Crippen LogP contribution in [-0.4, -0.2) is 58.8 Å². The Hall–Kier alpha value is -3.35. The number of aromatic nitrogens is 1. The van der Waals surface area contributed by atoms with Crippen LogP contribution >= 0.6 is 11.6 Å². The zero-order valence-electron chi connectivity index (χ0n) is 19.8. The summed E-state index contributed by atoms with van der Waals surface area (Å²) in [6, 6.07) is 13.9. The predicted octanol–water partition coefficient (Wildman–Crippen LogP) is 4.53. The van der Waals surface area contributed by atoms with Gasteiger partial charge in [-0.3, -0.25) is 4.79 Å². The van der Waals surface area contributed by atoms with Crippen molar-refractivity contribution in [1.29, 1.82) is 5.26 Å². The molecule has 0 amide bonds. The van der Waals surface area contributed by atoms with Crippen molar-refractivity contribution in [3.63, 3.8) is 0 Å². The molecule has 0 bridgehead atoms. The van der Waals surface area contributed by atoms with Crippen LogP contribution < -0.4 is 4.74 Å². The standard InChI is InChI=1S/C28H25ClN2O6/c29-21-10-22-19(20(11-30)27(31-22)37-24-13-36-25-23(32)12-35-26(24)25)9-18(21)16-5-1-14(2-6-16)15-3-7-17(8-4-15)28(33)34/h1-3,5-6,9-10,17,23-26,31-32H,4,7-8,12-13H2,(H,33,34)/t17?,23-,24-,25?,26-/m1/s1. The van der Waals surface area contributed by atoms with Gasteiger partial charge in [-0.15, -0.1) is 0 Å². The molecule has 5 atom stereocenters. The van der Waals surface area contributed by atoms with Crippen molar-refractivity contribution in [2.75, 3.05) is 13.2 Å². The number of carbonyl (C=O) groups is 1. The lowest BCUT2D eigenvalue weighted by atomic mass is 9.86. The molecule has 2 aromatic carbocycles. The maximum atomic E-state index is 11.2. The maximum absolute atomic E-state index is 11.2. The number of benzene rings is 2. The first-order valence-electron chi connectivity index (χ1n) is 12.3. The second-order valence-electron chi connectivity index (χ2n) is 9.75. The van der Waals surface area contributed by atoms with E-state index in [1.165, 1.54) is 0 Å². The summed E-state index contributed by atoms with van der Waals surface area (Å²) in [5.74, 6) is -0.723. The highest BCUT2D eigenvalue weighted by Crippen LogP contribution is 2.39. The molecular weight excluding hydrogens is 496 g/mol. The van der Waals surface area contributed by atoms with Crippen molar-refractivity contribution < 1.29 is 29.2 Å². The highest BCUT2D eigenvalue weighted by atomic mass is 35.5. The van der Waals surface area contributed by atoms with Gasteiger partial charge in [0.15, 0.2) is 6.10 Å².